The number of methoxy groups -OCH3 is 1. The molecule has 1 unspecified atom stereocenters. The molecule has 1 aliphatic heterocycles. The number of anilines is 2. The first-order chi connectivity index (χ1) is 7.74. The van der Waals surface area contributed by atoms with Crippen molar-refractivity contribution in [2.45, 2.75) is 12.5 Å². The number of rotatable bonds is 3. The Bertz CT molecular complexity index is 362. The number of benzene rings is 1. The second kappa shape index (κ2) is 4.61. The molecular weight excluding hydrogens is 204 g/mol. The van der Waals surface area contributed by atoms with Crippen LogP contribution in [0.15, 0.2) is 18.2 Å². The van der Waals surface area contributed by atoms with Crippen LogP contribution in [0.25, 0.3) is 0 Å². The van der Waals surface area contributed by atoms with Gasteiger partial charge in [-0.1, -0.05) is 6.07 Å². The lowest BCUT2D eigenvalue weighted by Gasteiger charge is -2.27. The Hall–Kier alpha value is -1.42. The molecule has 2 rings (SSSR count). The second-order valence-corrected chi connectivity index (χ2v) is 4.02. The van der Waals surface area contributed by atoms with Crippen LogP contribution in [0.2, 0.25) is 0 Å². The first-order valence-electron chi connectivity index (χ1n) is 5.47. The van der Waals surface area contributed by atoms with Crippen LogP contribution in [-0.2, 0) is 4.74 Å². The molecule has 1 aromatic carbocycles. The van der Waals surface area contributed by atoms with Crippen molar-refractivity contribution >= 4 is 11.4 Å². The second-order valence-electron chi connectivity index (χ2n) is 4.02. The molecule has 0 saturated carbocycles. The van der Waals surface area contributed by atoms with Gasteiger partial charge in [-0.05, 0) is 18.6 Å². The van der Waals surface area contributed by atoms with E-state index in [1.54, 1.807) is 7.11 Å². The van der Waals surface area contributed by atoms with Crippen molar-refractivity contribution in [1.29, 1.82) is 0 Å². The van der Waals surface area contributed by atoms with Crippen molar-refractivity contribution < 1.29 is 9.47 Å². The molecule has 1 saturated heterocycles. The zero-order valence-electron chi connectivity index (χ0n) is 9.77. The van der Waals surface area contributed by atoms with Crippen LogP contribution in [0.4, 0.5) is 11.4 Å². The highest BCUT2D eigenvalue weighted by atomic mass is 16.5. The molecule has 88 valence electrons. The van der Waals surface area contributed by atoms with Gasteiger partial charge in [0.2, 0.25) is 0 Å². The van der Waals surface area contributed by atoms with Gasteiger partial charge >= 0.3 is 0 Å². The molecule has 4 nitrogen and oxygen atoms in total. The summed E-state index contributed by atoms with van der Waals surface area (Å²) in [6.07, 6.45) is 1.05. The maximum absolute atomic E-state index is 6.05. The highest BCUT2D eigenvalue weighted by molar-refractivity contribution is 5.74. The van der Waals surface area contributed by atoms with Crippen molar-refractivity contribution in [2.75, 3.05) is 38.0 Å². The normalized spacial score (nSPS) is 19.8. The van der Waals surface area contributed by atoms with Gasteiger partial charge in [0.25, 0.3) is 0 Å². The quantitative estimate of drug-likeness (QED) is 0.787. The number of ether oxygens (including phenoxy) is 2. The van der Waals surface area contributed by atoms with Crippen molar-refractivity contribution in [1.82, 2.24) is 0 Å². The van der Waals surface area contributed by atoms with E-state index in [4.69, 9.17) is 15.2 Å². The standard InChI is InChI=1S/C12H18N2O2/c1-14(9-6-7-16-8-9)10-4-3-5-11(15-2)12(10)13/h3-5,9H,6-8,13H2,1-2H3. The van der Waals surface area contributed by atoms with Crippen LogP contribution >= 0.6 is 0 Å². The van der Waals surface area contributed by atoms with Gasteiger partial charge in [-0.3, -0.25) is 0 Å². The number of nitrogen functional groups attached to an aromatic ring is 1. The van der Waals surface area contributed by atoms with E-state index in [0.717, 1.165) is 31.1 Å². The summed E-state index contributed by atoms with van der Waals surface area (Å²) in [5, 5.41) is 0. The van der Waals surface area contributed by atoms with Crippen LogP contribution in [0.3, 0.4) is 0 Å². The van der Waals surface area contributed by atoms with Gasteiger partial charge in [0.15, 0.2) is 0 Å². The minimum Gasteiger partial charge on any atom is -0.495 e. The summed E-state index contributed by atoms with van der Waals surface area (Å²) in [6.45, 7) is 1.60. The molecule has 0 aromatic heterocycles. The minimum atomic E-state index is 0.411. The molecule has 0 amide bonds. The predicted molar refractivity (Wildman–Crippen MR) is 65.0 cm³/mol. The lowest BCUT2D eigenvalue weighted by molar-refractivity contribution is 0.193. The van der Waals surface area contributed by atoms with E-state index < -0.39 is 0 Å². The van der Waals surface area contributed by atoms with Crippen LogP contribution < -0.4 is 15.4 Å². The molecule has 16 heavy (non-hydrogen) atoms. The first-order valence-corrected chi connectivity index (χ1v) is 5.47. The van der Waals surface area contributed by atoms with Crippen molar-refractivity contribution in [3.63, 3.8) is 0 Å². The Morgan fingerprint density at radius 1 is 1.50 bits per heavy atom. The summed E-state index contributed by atoms with van der Waals surface area (Å²) < 4.78 is 10.6. The average Bonchev–Trinajstić information content (AvgIpc) is 2.82. The number of nitrogens with two attached hydrogens (primary N) is 1. The zero-order valence-corrected chi connectivity index (χ0v) is 9.77. The summed E-state index contributed by atoms with van der Waals surface area (Å²) in [6, 6.07) is 6.25. The smallest absolute Gasteiger partial charge is 0.143 e. The van der Waals surface area contributed by atoms with E-state index >= 15 is 0 Å². The Labute approximate surface area is 95.9 Å². The maximum atomic E-state index is 6.05. The summed E-state index contributed by atoms with van der Waals surface area (Å²) in [4.78, 5) is 2.17. The molecule has 1 aliphatic rings. The van der Waals surface area contributed by atoms with Crippen LogP contribution in [-0.4, -0.2) is 33.4 Å². The van der Waals surface area contributed by atoms with Crippen molar-refractivity contribution in [3.8, 4) is 5.75 Å². The molecule has 0 aliphatic carbocycles. The fourth-order valence-electron chi connectivity index (χ4n) is 2.04. The number of hydrogen-bond donors (Lipinski definition) is 1. The lowest BCUT2D eigenvalue weighted by atomic mass is 10.1. The molecule has 0 radical (unpaired) electrons. The molecule has 0 bridgehead atoms. The Morgan fingerprint density at radius 2 is 2.31 bits per heavy atom. The molecule has 1 heterocycles. The van der Waals surface area contributed by atoms with Crippen molar-refractivity contribution in [2.24, 2.45) is 0 Å². The molecule has 4 heteroatoms. The fraction of sp³-hybridized carbons (Fsp3) is 0.500. The topological polar surface area (TPSA) is 47.7 Å². The number of likely N-dealkylation sites (N-methyl/N-ethyl adjacent to an activating group) is 1. The third kappa shape index (κ3) is 1.93. The Balaban J connectivity index is 2.25. The number of nitrogens with zero attached hydrogens (tertiary/aromatic N) is 1. The Morgan fingerprint density at radius 3 is 2.94 bits per heavy atom. The third-order valence-corrected chi connectivity index (χ3v) is 3.10. The van der Waals surface area contributed by atoms with E-state index in [9.17, 15) is 0 Å². The summed E-state index contributed by atoms with van der Waals surface area (Å²) >= 11 is 0. The van der Waals surface area contributed by atoms with Gasteiger partial charge in [-0.15, -0.1) is 0 Å². The van der Waals surface area contributed by atoms with E-state index in [2.05, 4.69) is 4.90 Å². The largest absolute Gasteiger partial charge is 0.495 e. The summed E-state index contributed by atoms with van der Waals surface area (Å²) in [5.41, 5.74) is 7.76. The maximum Gasteiger partial charge on any atom is 0.143 e. The highest BCUT2D eigenvalue weighted by Crippen LogP contribution is 2.33. The molecule has 1 fully saturated rings. The van der Waals surface area contributed by atoms with Gasteiger partial charge in [0.1, 0.15) is 5.75 Å². The first kappa shape index (κ1) is 11.1. The van der Waals surface area contributed by atoms with Crippen LogP contribution in [0.5, 0.6) is 5.75 Å². The van der Waals surface area contributed by atoms with Gasteiger partial charge in [0.05, 0.1) is 31.1 Å². The summed E-state index contributed by atoms with van der Waals surface area (Å²) in [5.74, 6) is 0.725. The van der Waals surface area contributed by atoms with Gasteiger partial charge in [-0.2, -0.15) is 0 Å². The van der Waals surface area contributed by atoms with E-state index in [1.807, 2.05) is 25.2 Å². The highest BCUT2D eigenvalue weighted by Gasteiger charge is 2.22. The third-order valence-electron chi connectivity index (χ3n) is 3.10. The molecule has 1 aromatic rings. The SMILES string of the molecule is COc1cccc(N(C)C2CCOC2)c1N. The summed E-state index contributed by atoms with van der Waals surface area (Å²) in [7, 11) is 3.68. The predicted octanol–water partition coefficient (Wildman–Crippen LogP) is 1.50. The molecular formula is C12H18N2O2. The Kier molecular flexibility index (Phi) is 3.19. The average molecular weight is 222 g/mol. The van der Waals surface area contributed by atoms with Gasteiger partial charge < -0.3 is 20.1 Å². The van der Waals surface area contributed by atoms with E-state index in [1.165, 1.54) is 0 Å². The van der Waals surface area contributed by atoms with Crippen LogP contribution in [0, 0.1) is 0 Å². The van der Waals surface area contributed by atoms with Crippen LogP contribution in [0.1, 0.15) is 6.42 Å². The van der Waals surface area contributed by atoms with Crippen molar-refractivity contribution in [3.05, 3.63) is 18.2 Å². The minimum absolute atomic E-state index is 0.411. The monoisotopic (exact) mass is 222 g/mol. The number of hydrogen-bond acceptors (Lipinski definition) is 4. The molecule has 1 atom stereocenters. The van der Waals surface area contributed by atoms with Gasteiger partial charge in [-0.25, -0.2) is 0 Å². The fourth-order valence-corrected chi connectivity index (χ4v) is 2.04. The molecule has 2 N–H and O–H groups in total. The van der Waals surface area contributed by atoms with Gasteiger partial charge in [0, 0.05) is 13.7 Å². The van der Waals surface area contributed by atoms with E-state index in [0.29, 0.717) is 11.7 Å². The van der Waals surface area contributed by atoms with E-state index in [-0.39, 0.29) is 0 Å². The molecule has 0 spiro atoms. The number of para-hydroxylation sites is 1. The lowest BCUT2D eigenvalue weighted by Crippen LogP contribution is -2.32. The zero-order chi connectivity index (χ0) is 11.5.